The van der Waals surface area contributed by atoms with Crippen LogP contribution in [0.2, 0.25) is 0 Å². The smallest absolute Gasteiger partial charge is 0.410 e. The first-order valence-corrected chi connectivity index (χ1v) is 7.31. The quantitative estimate of drug-likeness (QED) is 0.768. The van der Waals surface area contributed by atoms with Gasteiger partial charge in [0.05, 0.1) is 18.0 Å². The van der Waals surface area contributed by atoms with Crippen molar-refractivity contribution in [2.24, 2.45) is 11.8 Å². The fourth-order valence-electron chi connectivity index (χ4n) is 2.84. The van der Waals surface area contributed by atoms with Crippen molar-refractivity contribution in [1.29, 1.82) is 5.26 Å². The lowest BCUT2D eigenvalue weighted by Crippen LogP contribution is -2.49. The van der Waals surface area contributed by atoms with E-state index in [0.29, 0.717) is 5.92 Å². The van der Waals surface area contributed by atoms with Gasteiger partial charge in [-0.25, -0.2) is 4.79 Å². The molecule has 1 aliphatic heterocycles. The summed E-state index contributed by atoms with van der Waals surface area (Å²) >= 11 is 0. The highest BCUT2D eigenvalue weighted by molar-refractivity contribution is 5.68. The van der Waals surface area contributed by atoms with E-state index < -0.39 is 5.60 Å². The summed E-state index contributed by atoms with van der Waals surface area (Å²) in [6, 6.07) is 2.49. The van der Waals surface area contributed by atoms with Crippen LogP contribution in [0.15, 0.2) is 0 Å². The molecular weight excluding hydrogens is 240 g/mol. The molecule has 0 N–H and O–H groups in total. The van der Waals surface area contributed by atoms with Crippen LogP contribution < -0.4 is 0 Å². The van der Waals surface area contributed by atoms with Gasteiger partial charge < -0.3 is 9.64 Å². The first-order chi connectivity index (χ1) is 8.92. The van der Waals surface area contributed by atoms with Crippen LogP contribution in [0.5, 0.6) is 0 Å². The maximum Gasteiger partial charge on any atom is 0.410 e. The van der Waals surface area contributed by atoms with Gasteiger partial charge in [0.25, 0.3) is 0 Å². The van der Waals surface area contributed by atoms with Crippen molar-refractivity contribution in [3.63, 3.8) is 0 Å². The Morgan fingerprint density at radius 2 is 2.00 bits per heavy atom. The highest BCUT2D eigenvalue weighted by Crippen LogP contribution is 2.41. The lowest BCUT2D eigenvalue weighted by molar-refractivity contribution is 0.00373. The number of hydrogen-bond acceptors (Lipinski definition) is 3. The lowest BCUT2D eigenvalue weighted by atomic mass is 9.88. The Hall–Kier alpha value is -1.24. The Kier molecular flexibility index (Phi) is 4.03. The molecule has 1 saturated heterocycles. The molecule has 0 spiro atoms. The zero-order chi connectivity index (χ0) is 14.0. The Labute approximate surface area is 115 Å². The van der Waals surface area contributed by atoms with Crippen LogP contribution in [-0.2, 0) is 4.74 Å². The lowest BCUT2D eigenvalue weighted by Gasteiger charge is -2.38. The Bertz CT molecular complexity index is 377. The standard InChI is InChI=1S/C15H24N2O2/c1-15(2,3)19-14(18)17-9-5-4-6-13(17)12(10-16)11-7-8-11/h11-13H,4-9H2,1-3H3. The number of nitrogens with zero attached hydrogens (tertiary/aromatic N) is 2. The van der Waals surface area contributed by atoms with Crippen molar-refractivity contribution < 1.29 is 9.53 Å². The second-order valence-electron chi connectivity index (χ2n) is 6.73. The first kappa shape index (κ1) is 14.2. The van der Waals surface area contributed by atoms with Gasteiger partial charge in [0.2, 0.25) is 0 Å². The molecule has 1 amide bonds. The number of piperidine rings is 1. The van der Waals surface area contributed by atoms with Gasteiger partial charge in [-0.05, 0) is 58.8 Å². The third-order valence-electron chi connectivity index (χ3n) is 3.87. The summed E-state index contributed by atoms with van der Waals surface area (Å²) in [5.74, 6) is 0.492. The molecule has 1 heterocycles. The van der Waals surface area contributed by atoms with Crippen molar-refractivity contribution in [2.45, 2.75) is 64.5 Å². The molecule has 2 fully saturated rings. The Morgan fingerprint density at radius 3 is 2.53 bits per heavy atom. The molecule has 2 atom stereocenters. The van der Waals surface area contributed by atoms with E-state index in [9.17, 15) is 10.1 Å². The molecule has 0 aromatic rings. The van der Waals surface area contributed by atoms with Crippen molar-refractivity contribution in [2.75, 3.05) is 6.54 Å². The normalized spacial score (nSPS) is 25.6. The number of ether oxygens (including phenoxy) is 1. The SMILES string of the molecule is CC(C)(C)OC(=O)N1CCCCC1C(C#N)C1CC1. The van der Waals surface area contributed by atoms with Gasteiger partial charge in [-0.2, -0.15) is 5.26 Å². The molecule has 2 aliphatic rings. The van der Waals surface area contributed by atoms with E-state index in [4.69, 9.17) is 4.74 Å². The van der Waals surface area contributed by atoms with Gasteiger partial charge >= 0.3 is 6.09 Å². The van der Waals surface area contributed by atoms with Gasteiger partial charge in [0.1, 0.15) is 5.60 Å². The van der Waals surface area contributed by atoms with Crippen molar-refractivity contribution >= 4 is 6.09 Å². The fourth-order valence-corrected chi connectivity index (χ4v) is 2.84. The molecule has 1 saturated carbocycles. The molecule has 0 radical (unpaired) electrons. The number of amides is 1. The third-order valence-corrected chi connectivity index (χ3v) is 3.87. The summed E-state index contributed by atoms with van der Waals surface area (Å²) < 4.78 is 5.48. The van der Waals surface area contributed by atoms with Gasteiger partial charge in [0, 0.05) is 6.54 Å². The minimum atomic E-state index is -0.471. The summed E-state index contributed by atoms with van der Waals surface area (Å²) in [7, 11) is 0. The van der Waals surface area contributed by atoms with E-state index in [1.54, 1.807) is 4.90 Å². The van der Waals surface area contributed by atoms with Crippen LogP contribution >= 0.6 is 0 Å². The van der Waals surface area contributed by atoms with Crippen LogP contribution in [0.25, 0.3) is 0 Å². The van der Waals surface area contributed by atoms with Crippen LogP contribution in [0.1, 0.15) is 52.9 Å². The van der Waals surface area contributed by atoms with E-state index >= 15 is 0 Å². The monoisotopic (exact) mass is 264 g/mol. The maximum atomic E-state index is 12.3. The van der Waals surface area contributed by atoms with Gasteiger partial charge in [-0.3, -0.25) is 0 Å². The molecule has 0 aromatic carbocycles. The molecule has 106 valence electrons. The molecule has 1 aliphatic carbocycles. The second kappa shape index (κ2) is 5.40. The van der Waals surface area contributed by atoms with Crippen molar-refractivity contribution in [3.05, 3.63) is 0 Å². The second-order valence-corrected chi connectivity index (χ2v) is 6.73. The number of nitriles is 1. The molecular formula is C15H24N2O2. The fraction of sp³-hybridized carbons (Fsp3) is 0.867. The van der Waals surface area contributed by atoms with E-state index in [2.05, 4.69) is 6.07 Å². The minimum absolute atomic E-state index is 0.00665. The largest absolute Gasteiger partial charge is 0.444 e. The van der Waals surface area contributed by atoms with E-state index in [1.807, 2.05) is 20.8 Å². The van der Waals surface area contributed by atoms with Crippen LogP contribution in [0, 0.1) is 23.2 Å². The van der Waals surface area contributed by atoms with Crippen LogP contribution in [-0.4, -0.2) is 29.2 Å². The van der Waals surface area contributed by atoms with Crippen molar-refractivity contribution in [3.8, 4) is 6.07 Å². The van der Waals surface area contributed by atoms with Crippen LogP contribution in [0.3, 0.4) is 0 Å². The number of carbonyl (C=O) groups is 1. The maximum absolute atomic E-state index is 12.3. The Balaban J connectivity index is 2.07. The van der Waals surface area contributed by atoms with E-state index in [0.717, 1.165) is 38.6 Å². The van der Waals surface area contributed by atoms with Gasteiger partial charge in [-0.1, -0.05) is 0 Å². The molecule has 4 heteroatoms. The average Bonchev–Trinajstić information content (AvgIpc) is 3.13. The number of likely N-dealkylation sites (tertiary alicyclic amines) is 1. The molecule has 19 heavy (non-hydrogen) atoms. The zero-order valence-electron chi connectivity index (χ0n) is 12.2. The molecule has 0 aromatic heterocycles. The first-order valence-electron chi connectivity index (χ1n) is 7.31. The Morgan fingerprint density at radius 1 is 1.32 bits per heavy atom. The molecule has 4 nitrogen and oxygen atoms in total. The van der Waals surface area contributed by atoms with Crippen LogP contribution in [0.4, 0.5) is 4.79 Å². The topological polar surface area (TPSA) is 53.3 Å². The van der Waals surface area contributed by atoms with E-state index in [1.165, 1.54) is 0 Å². The molecule has 2 rings (SSSR count). The van der Waals surface area contributed by atoms with E-state index in [-0.39, 0.29) is 18.1 Å². The predicted octanol–water partition coefficient (Wildman–Crippen LogP) is 3.33. The number of hydrogen-bond donors (Lipinski definition) is 0. The summed E-state index contributed by atoms with van der Waals surface area (Å²) in [6.45, 7) is 6.37. The third kappa shape index (κ3) is 3.62. The van der Waals surface area contributed by atoms with Gasteiger partial charge in [-0.15, -0.1) is 0 Å². The summed E-state index contributed by atoms with van der Waals surface area (Å²) in [5, 5.41) is 9.39. The highest BCUT2D eigenvalue weighted by atomic mass is 16.6. The molecule has 2 unspecified atom stereocenters. The number of rotatable bonds is 2. The predicted molar refractivity (Wildman–Crippen MR) is 72.4 cm³/mol. The van der Waals surface area contributed by atoms with Crippen molar-refractivity contribution in [1.82, 2.24) is 4.90 Å². The highest BCUT2D eigenvalue weighted by Gasteiger charge is 2.42. The summed E-state index contributed by atoms with van der Waals surface area (Å²) in [5.41, 5.74) is -0.471. The minimum Gasteiger partial charge on any atom is -0.444 e. The van der Waals surface area contributed by atoms with Gasteiger partial charge in [0.15, 0.2) is 0 Å². The summed E-state index contributed by atoms with van der Waals surface area (Å²) in [6.07, 6.45) is 5.08. The average molecular weight is 264 g/mol. The zero-order valence-corrected chi connectivity index (χ0v) is 12.2. The number of carbonyl (C=O) groups excluding carboxylic acids is 1. The summed E-state index contributed by atoms with van der Waals surface area (Å²) in [4.78, 5) is 14.1. The molecule has 0 bridgehead atoms.